The molecular formula is C12H15N3O3. The van der Waals surface area contributed by atoms with Crippen molar-refractivity contribution in [2.45, 2.75) is 13.0 Å². The summed E-state index contributed by atoms with van der Waals surface area (Å²) in [5.41, 5.74) is 6.45. The fourth-order valence-corrected chi connectivity index (χ4v) is 1.51. The molecule has 1 aromatic heterocycles. The number of hydrogen-bond acceptors (Lipinski definition) is 6. The summed E-state index contributed by atoms with van der Waals surface area (Å²) in [6, 6.07) is 5.12. The first kappa shape index (κ1) is 12.4. The summed E-state index contributed by atoms with van der Waals surface area (Å²) in [5, 5.41) is 3.88. The van der Waals surface area contributed by atoms with Crippen LogP contribution in [0, 0.1) is 0 Å². The third kappa shape index (κ3) is 2.28. The maximum Gasteiger partial charge on any atom is 0.243 e. The number of nitrogens with two attached hydrogens (primary N) is 1. The molecule has 0 unspecified atom stereocenters. The highest BCUT2D eigenvalue weighted by molar-refractivity contribution is 5.60. The van der Waals surface area contributed by atoms with E-state index in [1.807, 2.05) is 6.07 Å². The molecular weight excluding hydrogens is 234 g/mol. The summed E-state index contributed by atoms with van der Waals surface area (Å²) < 4.78 is 15.4. The highest BCUT2D eigenvalue weighted by atomic mass is 16.5. The maximum absolute atomic E-state index is 5.67. The zero-order valence-corrected chi connectivity index (χ0v) is 10.5. The van der Waals surface area contributed by atoms with Crippen molar-refractivity contribution in [1.82, 2.24) is 10.1 Å². The van der Waals surface area contributed by atoms with Gasteiger partial charge in [-0.25, -0.2) is 0 Å². The SMILES string of the molecule is COc1ccc(-c2noc([C@H](C)N)n2)cc1OC. The van der Waals surface area contributed by atoms with Gasteiger partial charge in [0.2, 0.25) is 11.7 Å². The van der Waals surface area contributed by atoms with Gasteiger partial charge in [0.25, 0.3) is 0 Å². The van der Waals surface area contributed by atoms with Gasteiger partial charge < -0.3 is 19.7 Å². The molecule has 0 spiro atoms. The molecule has 1 atom stereocenters. The van der Waals surface area contributed by atoms with Crippen molar-refractivity contribution in [3.63, 3.8) is 0 Å². The Labute approximate surface area is 105 Å². The minimum atomic E-state index is -0.286. The van der Waals surface area contributed by atoms with Crippen LogP contribution in [0.1, 0.15) is 18.9 Å². The zero-order valence-electron chi connectivity index (χ0n) is 10.5. The summed E-state index contributed by atoms with van der Waals surface area (Å²) in [5.74, 6) is 2.14. The lowest BCUT2D eigenvalue weighted by Gasteiger charge is -2.07. The Kier molecular flexibility index (Phi) is 3.47. The molecule has 96 valence electrons. The topological polar surface area (TPSA) is 83.4 Å². The van der Waals surface area contributed by atoms with Crippen LogP contribution in [0.3, 0.4) is 0 Å². The Morgan fingerprint density at radius 1 is 1.22 bits per heavy atom. The first-order chi connectivity index (χ1) is 8.65. The van der Waals surface area contributed by atoms with Crippen molar-refractivity contribution in [1.29, 1.82) is 0 Å². The maximum atomic E-state index is 5.67. The second-order valence-electron chi connectivity index (χ2n) is 3.81. The summed E-state index contributed by atoms with van der Waals surface area (Å²) >= 11 is 0. The Bertz CT molecular complexity index is 537. The van der Waals surface area contributed by atoms with Crippen molar-refractivity contribution in [2.24, 2.45) is 5.73 Å². The summed E-state index contributed by atoms with van der Waals surface area (Å²) in [7, 11) is 3.16. The number of rotatable bonds is 4. The molecule has 0 aliphatic rings. The largest absolute Gasteiger partial charge is 0.493 e. The predicted molar refractivity (Wildman–Crippen MR) is 65.4 cm³/mol. The van der Waals surface area contributed by atoms with Crippen molar-refractivity contribution >= 4 is 0 Å². The van der Waals surface area contributed by atoms with Gasteiger partial charge in [-0.15, -0.1) is 0 Å². The Balaban J connectivity index is 2.38. The van der Waals surface area contributed by atoms with E-state index < -0.39 is 0 Å². The van der Waals surface area contributed by atoms with E-state index in [9.17, 15) is 0 Å². The van der Waals surface area contributed by atoms with Gasteiger partial charge in [0.1, 0.15) is 0 Å². The fraction of sp³-hybridized carbons (Fsp3) is 0.333. The summed E-state index contributed by atoms with van der Waals surface area (Å²) in [4.78, 5) is 4.21. The molecule has 1 aromatic carbocycles. The van der Waals surface area contributed by atoms with Gasteiger partial charge in [-0.1, -0.05) is 5.16 Å². The monoisotopic (exact) mass is 249 g/mol. The van der Waals surface area contributed by atoms with Crippen LogP contribution >= 0.6 is 0 Å². The third-order valence-corrected chi connectivity index (χ3v) is 2.47. The molecule has 18 heavy (non-hydrogen) atoms. The van der Waals surface area contributed by atoms with Gasteiger partial charge >= 0.3 is 0 Å². The van der Waals surface area contributed by atoms with Crippen LogP contribution in [0.15, 0.2) is 22.7 Å². The number of benzene rings is 1. The van der Waals surface area contributed by atoms with E-state index in [1.165, 1.54) is 0 Å². The molecule has 6 heteroatoms. The number of methoxy groups -OCH3 is 2. The minimum Gasteiger partial charge on any atom is -0.493 e. The van der Waals surface area contributed by atoms with Crippen LogP contribution in [0.4, 0.5) is 0 Å². The van der Waals surface area contributed by atoms with Crippen molar-refractivity contribution < 1.29 is 14.0 Å². The fourth-order valence-electron chi connectivity index (χ4n) is 1.51. The molecule has 2 rings (SSSR count). The normalized spacial score (nSPS) is 12.2. The molecule has 0 fully saturated rings. The minimum absolute atomic E-state index is 0.286. The van der Waals surface area contributed by atoms with E-state index in [-0.39, 0.29) is 6.04 Å². The highest BCUT2D eigenvalue weighted by Gasteiger charge is 2.13. The Morgan fingerprint density at radius 3 is 2.50 bits per heavy atom. The molecule has 6 nitrogen and oxygen atoms in total. The number of hydrogen-bond donors (Lipinski definition) is 1. The van der Waals surface area contributed by atoms with Gasteiger partial charge in [-0.05, 0) is 25.1 Å². The zero-order chi connectivity index (χ0) is 13.1. The molecule has 0 bridgehead atoms. The van der Waals surface area contributed by atoms with Crippen LogP contribution in [-0.4, -0.2) is 24.4 Å². The molecule has 0 aliphatic carbocycles. The lowest BCUT2D eigenvalue weighted by Crippen LogP contribution is -2.04. The molecule has 1 heterocycles. The quantitative estimate of drug-likeness (QED) is 0.889. The summed E-state index contributed by atoms with van der Waals surface area (Å²) in [6.45, 7) is 1.78. The molecule has 2 N–H and O–H groups in total. The van der Waals surface area contributed by atoms with E-state index in [4.69, 9.17) is 19.7 Å². The van der Waals surface area contributed by atoms with E-state index in [2.05, 4.69) is 10.1 Å². The lowest BCUT2D eigenvalue weighted by atomic mass is 10.2. The summed E-state index contributed by atoms with van der Waals surface area (Å²) in [6.07, 6.45) is 0. The van der Waals surface area contributed by atoms with E-state index >= 15 is 0 Å². The number of ether oxygens (including phenoxy) is 2. The lowest BCUT2D eigenvalue weighted by molar-refractivity contribution is 0.355. The molecule has 0 saturated carbocycles. The standard InChI is InChI=1S/C12H15N3O3/c1-7(13)12-14-11(15-18-12)8-4-5-9(16-2)10(6-8)17-3/h4-7H,13H2,1-3H3/t7-/m0/s1. The van der Waals surface area contributed by atoms with Crippen molar-refractivity contribution in [2.75, 3.05) is 14.2 Å². The van der Waals surface area contributed by atoms with Crippen molar-refractivity contribution in [3.8, 4) is 22.9 Å². The van der Waals surface area contributed by atoms with Crippen LogP contribution in [0.5, 0.6) is 11.5 Å². The van der Waals surface area contributed by atoms with Gasteiger partial charge in [0.05, 0.1) is 20.3 Å². The average molecular weight is 249 g/mol. The first-order valence-electron chi connectivity index (χ1n) is 5.47. The molecule has 0 saturated heterocycles. The van der Waals surface area contributed by atoms with Crippen molar-refractivity contribution in [3.05, 3.63) is 24.1 Å². The number of aromatic nitrogens is 2. The third-order valence-electron chi connectivity index (χ3n) is 2.47. The molecule has 0 amide bonds. The first-order valence-corrected chi connectivity index (χ1v) is 5.47. The number of nitrogens with zero attached hydrogens (tertiary/aromatic N) is 2. The Morgan fingerprint density at radius 2 is 1.94 bits per heavy atom. The Hall–Kier alpha value is -2.08. The molecule has 0 radical (unpaired) electrons. The van der Waals surface area contributed by atoms with E-state index in [1.54, 1.807) is 33.3 Å². The van der Waals surface area contributed by atoms with Crippen LogP contribution in [0.25, 0.3) is 11.4 Å². The second-order valence-corrected chi connectivity index (χ2v) is 3.81. The average Bonchev–Trinajstić information content (AvgIpc) is 2.87. The smallest absolute Gasteiger partial charge is 0.243 e. The second kappa shape index (κ2) is 5.05. The van der Waals surface area contributed by atoms with Gasteiger partial charge in [-0.3, -0.25) is 0 Å². The van der Waals surface area contributed by atoms with E-state index in [0.717, 1.165) is 5.56 Å². The highest BCUT2D eigenvalue weighted by Crippen LogP contribution is 2.31. The van der Waals surface area contributed by atoms with Gasteiger partial charge in [0.15, 0.2) is 11.5 Å². The predicted octanol–water partition coefficient (Wildman–Crippen LogP) is 1.77. The van der Waals surface area contributed by atoms with E-state index in [0.29, 0.717) is 23.2 Å². The van der Waals surface area contributed by atoms with Gasteiger partial charge in [-0.2, -0.15) is 4.98 Å². The van der Waals surface area contributed by atoms with Crippen LogP contribution < -0.4 is 15.2 Å². The molecule has 0 aliphatic heterocycles. The van der Waals surface area contributed by atoms with Crippen LogP contribution in [-0.2, 0) is 0 Å². The van der Waals surface area contributed by atoms with Gasteiger partial charge in [0, 0.05) is 5.56 Å². The van der Waals surface area contributed by atoms with Crippen LogP contribution in [0.2, 0.25) is 0 Å². The molecule has 2 aromatic rings.